The SMILES string of the molecule is CC1(C)c2ccccc2-c2ccc(Nc3ccc(C4CC4)cc3)cc21. The molecule has 1 nitrogen and oxygen atoms in total. The van der Waals surface area contributed by atoms with Gasteiger partial charge in [0.25, 0.3) is 0 Å². The van der Waals surface area contributed by atoms with Crippen molar-refractivity contribution in [2.75, 3.05) is 5.32 Å². The minimum Gasteiger partial charge on any atom is -0.356 e. The molecule has 2 aliphatic rings. The standard InChI is InChI=1S/C24H23N/c1-24(2)22-6-4-3-5-20(22)21-14-13-19(15-23(21)24)25-18-11-9-17(10-12-18)16-7-8-16/h3-6,9-16,25H,7-8H2,1-2H3. The molecule has 0 spiro atoms. The number of anilines is 2. The van der Waals surface area contributed by atoms with Crippen LogP contribution in [0.4, 0.5) is 11.4 Å². The van der Waals surface area contributed by atoms with Crippen LogP contribution in [0.2, 0.25) is 0 Å². The summed E-state index contributed by atoms with van der Waals surface area (Å²) in [5.41, 5.74) is 9.45. The molecule has 0 aliphatic heterocycles. The molecule has 5 rings (SSSR count). The monoisotopic (exact) mass is 325 g/mol. The summed E-state index contributed by atoms with van der Waals surface area (Å²) < 4.78 is 0. The predicted molar refractivity (Wildman–Crippen MR) is 106 cm³/mol. The molecule has 1 fully saturated rings. The van der Waals surface area contributed by atoms with Crippen molar-refractivity contribution in [3.63, 3.8) is 0 Å². The van der Waals surface area contributed by atoms with Crippen LogP contribution in [0.1, 0.15) is 49.3 Å². The number of nitrogens with one attached hydrogen (secondary N) is 1. The van der Waals surface area contributed by atoms with E-state index in [4.69, 9.17) is 0 Å². The number of fused-ring (bicyclic) bond motifs is 3. The third-order valence-corrected chi connectivity index (χ3v) is 5.83. The van der Waals surface area contributed by atoms with E-state index in [1.165, 1.54) is 46.3 Å². The molecule has 1 heteroatoms. The first kappa shape index (κ1) is 14.8. The fourth-order valence-corrected chi connectivity index (χ4v) is 4.20. The molecule has 0 aromatic heterocycles. The van der Waals surface area contributed by atoms with Gasteiger partial charge in [-0.15, -0.1) is 0 Å². The van der Waals surface area contributed by atoms with Gasteiger partial charge >= 0.3 is 0 Å². The van der Waals surface area contributed by atoms with Crippen LogP contribution in [-0.2, 0) is 5.41 Å². The topological polar surface area (TPSA) is 12.0 Å². The molecule has 0 radical (unpaired) electrons. The normalized spacial score (nSPS) is 17.0. The van der Waals surface area contributed by atoms with E-state index < -0.39 is 0 Å². The molecular weight excluding hydrogens is 302 g/mol. The highest BCUT2D eigenvalue weighted by molar-refractivity contribution is 5.82. The van der Waals surface area contributed by atoms with Gasteiger partial charge < -0.3 is 5.32 Å². The van der Waals surface area contributed by atoms with E-state index in [0.717, 1.165) is 11.6 Å². The predicted octanol–water partition coefficient (Wildman–Crippen LogP) is 6.61. The maximum absolute atomic E-state index is 3.58. The van der Waals surface area contributed by atoms with E-state index in [9.17, 15) is 0 Å². The smallest absolute Gasteiger partial charge is 0.0387 e. The maximum atomic E-state index is 3.58. The van der Waals surface area contributed by atoms with Crippen LogP contribution in [0, 0.1) is 0 Å². The van der Waals surface area contributed by atoms with E-state index in [-0.39, 0.29) is 5.41 Å². The molecule has 3 aromatic carbocycles. The molecule has 0 heterocycles. The lowest BCUT2D eigenvalue weighted by Crippen LogP contribution is -2.15. The summed E-state index contributed by atoms with van der Waals surface area (Å²) in [4.78, 5) is 0. The molecule has 0 bridgehead atoms. The van der Waals surface area contributed by atoms with Crippen molar-refractivity contribution in [2.45, 2.75) is 38.0 Å². The van der Waals surface area contributed by atoms with E-state index in [2.05, 4.69) is 85.9 Å². The Balaban J connectivity index is 1.48. The average Bonchev–Trinajstić information content (AvgIpc) is 3.44. The van der Waals surface area contributed by atoms with Gasteiger partial charge in [-0.25, -0.2) is 0 Å². The first-order chi connectivity index (χ1) is 12.1. The number of hydrogen-bond acceptors (Lipinski definition) is 1. The zero-order valence-corrected chi connectivity index (χ0v) is 14.8. The molecular formula is C24H23N. The van der Waals surface area contributed by atoms with Crippen LogP contribution in [0.15, 0.2) is 66.7 Å². The second-order valence-corrected chi connectivity index (χ2v) is 7.95. The van der Waals surface area contributed by atoms with Crippen molar-refractivity contribution < 1.29 is 0 Å². The van der Waals surface area contributed by atoms with E-state index in [1.807, 2.05) is 0 Å². The Hall–Kier alpha value is -2.54. The van der Waals surface area contributed by atoms with Gasteiger partial charge in [-0.05, 0) is 70.8 Å². The Morgan fingerprint density at radius 3 is 2.20 bits per heavy atom. The Morgan fingerprint density at radius 2 is 1.44 bits per heavy atom. The lowest BCUT2D eigenvalue weighted by Gasteiger charge is -2.22. The second-order valence-electron chi connectivity index (χ2n) is 7.95. The fraction of sp³-hybridized carbons (Fsp3) is 0.250. The molecule has 0 saturated heterocycles. The van der Waals surface area contributed by atoms with Gasteiger partial charge in [0.2, 0.25) is 0 Å². The van der Waals surface area contributed by atoms with Gasteiger partial charge in [0.15, 0.2) is 0 Å². The lowest BCUT2D eigenvalue weighted by molar-refractivity contribution is 0.660. The summed E-state index contributed by atoms with van der Waals surface area (Å²) in [5, 5.41) is 3.58. The van der Waals surface area contributed by atoms with Gasteiger partial charge in [0.05, 0.1) is 0 Å². The number of hydrogen-bond donors (Lipinski definition) is 1. The quantitative estimate of drug-likeness (QED) is 0.571. The van der Waals surface area contributed by atoms with Gasteiger partial charge in [0.1, 0.15) is 0 Å². The van der Waals surface area contributed by atoms with Crippen molar-refractivity contribution >= 4 is 11.4 Å². The molecule has 0 unspecified atom stereocenters. The minimum atomic E-state index is 0.0550. The van der Waals surface area contributed by atoms with Crippen LogP contribution in [0.25, 0.3) is 11.1 Å². The van der Waals surface area contributed by atoms with Gasteiger partial charge in [-0.3, -0.25) is 0 Å². The van der Waals surface area contributed by atoms with Crippen LogP contribution in [-0.4, -0.2) is 0 Å². The van der Waals surface area contributed by atoms with Gasteiger partial charge in [-0.2, -0.15) is 0 Å². The molecule has 2 aliphatic carbocycles. The van der Waals surface area contributed by atoms with Gasteiger partial charge in [0, 0.05) is 16.8 Å². The zero-order chi connectivity index (χ0) is 17.0. The fourth-order valence-electron chi connectivity index (χ4n) is 4.20. The van der Waals surface area contributed by atoms with Crippen molar-refractivity contribution in [3.8, 4) is 11.1 Å². The summed E-state index contributed by atoms with van der Waals surface area (Å²) in [5.74, 6) is 0.813. The van der Waals surface area contributed by atoms with Gasteiger partial charge in [-0.1, -0.05) is 56.3 Å². The first-order valence-electron chi connectivity index (χ1n) is 9.24. The first-order valence-corrected chi connectivity index (χ1v) is 9.24. The molecule has 0 atom stereocenters. The summed E-state index contributed by atoms with van der Waals surface area (Å²) in [7, 11) is 0. The number of benzene rings is 3. The molecule has 0 amide bonds. The number of rotatable bonds is 3. The van der Waals surface area contributed by atoms with Crippen LogP contribution >= 0.6 is 0 Å². The van der Waals surface area contributed by atoms with Crippen LogP contribution < -0.4 is 5.32 Å². The Bertz CT molecular complexity index is 946. The summed E-state index contributed by atoms with van der Waals surface area (Å²) in [6, 6.07) is 24.5. The maximum Gasteiger partial charge on any atom is 0.0387 e. The average molecular weight is 325 g/mol. The third kappa shape index (κ3) is 2.38. The van der Waals surface area contributed by atoms with Crippen molar-refractivity contribution in [2.24, 2.45) is 0 Å². The second kappa shape index (κ2) is 5.23. The highest BCUT2D eigenvalue weighted by atomic mass is 14.9. The summed E-state index contributed by atoms with van der Waals surface area (Å²) in [6.07, 6.45) is 2.71. The van der Waals surface area contributed by atoms with Crippen molar-refractivity contribution in [1.29, 1.82) is 0 Å². The third-order valence-electron chi connectivity index (χ3n) is 5.83. The molecule has 1 saturated carbocycles. The lowest BCUT2D eigenvalue weighted by atomic mass is 9.82. The summed E-state index contributed by atoms with van der Waals surface area (Å²) >= 11 is 0. The Morgan fingerprint density at radius 1 is 0.760 bits per heavy atom. The molecule has 124 valence electrons. The largest absolute Gasteiger partial charge is 0.356 e. The minimum absolute atomic E-state index is 0.0550. The zero-order valence-electron chi connectivity index (χ0n) is 14.8. The molecule has 1 N–H and O–H groups in total. The Kier molecular flexibility index (Phi) is 3.09. The van der Waals surface area contributed by atoms with Crippen LogP contribution in [0.3, 0.4) is 0 Å². The molecule has 25 heavy (non-hydrogen) atoms. The summed E-state index contributed by atoms with van der Waals surface area (Å²) in [6.45, 7) is 4.65. The Labute approximate surface area is 149 Å². The highest BCUT2D eigenvalue weighted by Gasteiger charge is 2.35. The highest BCUT2D eigenvalue weighted by Crippen LogP contribution is 2.49. The van der Waals surface area contributed by atoms with Crippen molar-refractivity contribution in [1.82, 2.24) is 0 Å². The molecule has 3 aromatic rings. The van der Waals surface area contributed by atoms with E-state index in [0.29, 0.717) is 0 Å². The van der Waals surface area contributed by atoms with Crippen molar-refractivity contribution in [3.05, 3.63) is 83.4 Å². The van der Waals surface area contributed by atoms with Crippen LogP contribution in [0.5, 0.6) is 0 Å². The van der Waals surface area contributed by atoms with E-state index >= 15 is 0 Å². The van der Waals surface area contributed by atoms with E-state index in [1.54, 1.807) is 0 Å².